The van der Waals surface area contributed by atoms with Gasteiger partial charge in [-0.1, -0.05) is 12.1 Å². The number of aromatic nitrogens is 1. The maximum atomic E-state index is 12.2. The van der Waals surface area contributed by atoms with Gasteiger partial charge in [-0.05, 0) is 53.3 Å². The van der Waals surface area contributed by atoms with Crippen molar-refractivity contribution in [2.24, 2.45) is 0 Å². The largest absolute Gasteiger partial charge is 0.289 e. The van der Waals surface area contributed by atoms with Gasteiger partial charge >= 0.3 is 0 Å². The van der Waals surface area contributed by atoms with Crippen LogP contribution in [-0.4, -0.2) is 10.8 Å². The molecule has 0 spiro atoms. The zero-order valence-electron chi connectivity index (χ0n) is 8.77. The number of hydrogen-bond acceptors (Lipinski definition) is 2. The van der Waals surface area contributed by atoms with Gasteiger partial charge in [0.25, 0.3) is 0 Å². The first-order chi connectivity index (χ1) is 7.68. The van der Waals surface area contributed by atoms with Gasteiger partial charge < -0.3 is 0 Å². The van der Waals surface area contributed by atoms with Crippen molar-refractivity contribution in [3.05, 3.63) is 63.0 Å². The lowest BCUT2D eigenvalue weighted by molar-refractivity contribution is 0.103. The molecule has 0 fully saturated rings. The zero-order chi connectivity index (χ0) is 11.5. The molecule has 2 nitrogen and oxygen atoms in total. The maximum absolute atomic E-state index is 12.2. The highest BCUT2D eigenvalue weighted by molar-refractivity contribution is 14.1. The summed E-state index contributed by atoms with van der Waals surface area (Å²) >= 11 is 2.20. The van der Waals surface area contributed by atoms with Crippen molar-refractivity contribution in [3.63, 3.8) is 0 Å². The van der Waals surface area contributed by atoms with Crippen molar-refractivity contribution in [1.82, 2.24) is 4.98 Å². The molecular formula is C13H10INO. The fourth-order valence-corrected chi connectivity index (χ4v) is 2.03. The van der Waals surface area contributed by atoms with Crippen molar-refractivity contribution in [1.29, 1.82) is 0 Å². The monoisotopic (exact) mass is 323 g/mol. The summed E-state index contributed by atoms with van der Waals surface area (Å²) in [7, 11) is 0. The molecule has 0 bridgehead atoms. The van der Waals surface area contributed by atoms with E-state index in [9.17, 15) is 4.79 Å². The minimum atomic E-state index is 0.0316. The quantitative estimate of drug-likeness (QED) is 0.627. The molecule has 0 N–H and O–H groups in total. The molecule has 2 aromatic rings. The summed E-state index contributed by atoms with van der Waals surface area (Å²) in [5.41, 5.74) is 2.34. The van der Waals surface area contributed by atoms with Crippen LogP contribution in [0.2, 0.25) is 0 Å². The molecular weight excluding hydrogens is 313 g/mol. The van der Waals surface area contributed by atoms with Gasteiger partial charge in [0.2, 0.25) is 0 Å². The van der Waals surface area contributed by atoms with Crippen LogP contribution in [0.25, 0.3) is 0 Å². The smallest absolute Gasteiger partial charge is 0.194 e. The predicted octanol–water partition coefficient (Wildman–Crippen LogP) is 3.23. The number of carbonyl (C=O) groups excluding carboxylic acids is 1. The highest BCUT2D eigenvalue weighted by Crippen LogP contribution is 2.14. The fourth-order valence-electron chi connectivity index (χ4n) is 1.49. The predicted molar refractivity (Wildman–Crippen MR) is 71.6 cm³/mol. The second-order valence-electron chi connectivity index (χ2n) is 3.53. The minimum absolute atomic E-state index is 0.0316. The van der Waals surface area contributed by atoms with E-state index in [1.807, 2.05) is 37.3 Å². The number of carbonyl (C=O) groups is 1. The van der Waals surface area contributed by atoms with Crippen molar-refractivity contribution < 1.29 is 4.79 Å². The Morgan fingerprint density at radius 1 is 1.31 bits per heavy atom. The Morgan fingerprint density at radius 3 is 2.81 bits per heavy atom. The van der Waals surface area contributed by atoms with Gasteiger partial charge in [-0.3, -0.25) is 9.78 Å². The van der Waals surface area contributed by atoms with Crippen molar-refractivity contribution in [2.75, 3.05) is 0 Å². The number of aryl methyl sites for hydroxylation is 1. The Kier molecular flexibility index (Phi) is 3.33. The summed E-state index contributed by atoms with van der Waals surface area (Å²) in [5, 5.41) is 0. The average Bonchev–Trinajstić information content (AvgIpc) is 2.29. The van der Waals surface area contributed by atoms with E-state index in [0.29, 0.717) is 11.1 Å². The molecule has 1 heterocycles. The number of halogens is 1. The molecule has 0 saturated carbocycles. The first-order valence-electron chi connectivity index (χ1n) is 4.89. The normalized spacial score (nSPS) is 10.1. The van der Waals surface area contributed by atoms with Gasteiger partial charge in [-0.2, -0.15) is 0 Å². The summed E-state index contributed by atoms with van der Waals surface area (Å²) in [4.78, 5) is 16.2. The third-order valence-corrected chi connectivity index (χ3v) is 3.04. The molecule has 0 atom stereocenters. The molecule has 0 aliphatic heterocycles. The number of nitrogens with zero attached hydrogens (tertiary/aromatic N) is 1. The Morgan fingerprint density at radius 2 is 2.12 bits per heavy atom. The van der Waals surface area contributed by atoms with Gasteiger partial charge in [0.05, 0.1) is 0 Å². The third kappa shape index (κ3) is 2.29. The summed E-state index contributed by atoms with van der Waals surface area (Å²) in [6.07, 6.45) is 3.32. The lowest BCUT2D eigenvalue weighted by atomic mass is 10.0. The van der Waals surface area contributed by atoms with Crippen LogP contribution in [0.1, 0.15) is 21.5 Å². The maximum Gasteiger partial charge on any atom is 0.194 e. The van der Waals surface area contributed by atoms with Crippen LogP contribution in [0, 0.1) is 10.5 Å². The Bertz CT molecular complexity index is 537. The number of ketones is 1. The topological polar surface area (TPSA) is 30.0 Å². The van der Waals surface area contributed by atoms with Crippen LogP contribution >= 0.6 is 22.6 Å². The molecule has 0 aliphatic carbocycles. The first-order valence-corrected chi connectivity index (χ1v) is 5.97. The van der Waals surface area contributed by atoms with E-state index in [4.69, 9.17) is 0 Å². The minimum Gasteiger partial charge on any atom is -0.289 e. The lowest BCUT2D eigenvalue weighted by Crippen LogP contribution is -2.04. The van der Waals surface area contributed by atoms with E-state index in [2.05, 4.69) is 27.6 Å². The number of rotatable bonds is 2. The lowest BCUT2D eigenvalue weighted by Gasteiger charge is -2.04. The third-order valence-electron chi connectivity index (χ3n) is 2.37. The van der Waals surface area contributed by atoms with Crippen LogP contribution in [0.15, 0.2) is 42.7 Å². The molecule has 2 rings (SSSR count). The van der Waals surface area contributed by atoms with Crippen molar-refractivity contribution >= 4 is 28.4 Å². The van der Waals surface area contributed by atoms with Gasteiger partial charge in [0.1, 0.15) is 0 Å². The van der Waals surface area contributed by atoms with E-state index >= 15 is 0 Å². The molecule has 80 valence electrons. The van der Waals surface area contributed by atoms with Crippen LogP contribution in [-0.2, 0) is 0 Å². The summed E-state index contributed by atoms with van der Waals surface area (Å²) in [5.74, 6) is 0.0316. The molecule has 0 saturated heterocycles. The van der Waals surface area contributed by atoms with E-state index in [1.54, 1.807) is 12.4 Å². The first kappa shape index (κ1) is 11.3. The molecule has 3 heteroatoms. The van der Waals surface area contributed by atoms with Gasteiger partial charge in [0.15, 0.2) is 5.78 Å². The Hall–Kier alpha value is -1.23. The van der Waals surface area contributed by atoms with Crippen molar-refractivity contribution in [3.8, 4) is 0 Å². The average molecular weight is 323 g/mol. The summed E-state index contributed by atoms with van der Waals surface area (Å²) < 4.78 is 1.06. The highest BCUT2D eigenvalue weighted by Gasteiger charge is 2.11. The van der Waals surface area contributed by atoms with E-state index in [1.165, 1.54) is 0 Å². The molecule has 16 heavy (non-hydrogen) atoms. The van der Waals surface area contributed by atoms with Crippen LogP contribution in [0.4, 0.5) is 0 Å². The molecule has 1 aromatic heterocycles. The van der Waals surface area contributed by atoms with Crippen LogP contribution in [0.3, 0.4) is 0 Å². The van der Waals surface area contributed by atoms with Gasteiger partial charge in [0, 0.05) is 27.1 Å². The number of pyridine rings is 1. The van der Waals surface area contributed by atoms with E-state index < -0.39 is 0 Å². The van der Waals surface area contributed by atoms with Gasteiger partial charge in [-0.15, -0.1) is 0 Å². The highest BCUT2D eigenvalue weighted by atomic mass is 127. The molecule has 0 unspecified atom stereocenters. The molecule has 1 aromatic carbocycles. The standard InChI is InChI=1S/C13H10INO/c1-9-5-6-15-8-12(9)13(16)10-3-2-4-11(14)7-10/h2-8H,1H3. The van der Waals surface area contributed by atoms with E-state index in [0.717, 1.165) is 9.13 Å². The SMILES string of the molecule is Cc1ccncc1C(=O)c1cccc(I)c1. The molecule has 0 amide bonds. The Labute approximate surface area is 108 Å². The molecule has 0 aliphatic rings. The van der Waals surface area contributed by atoms with Crippen molar-refractivity contribution in [2.45, 2.75) is 6.92 Å². The molecule has 0 radical (unpaired) electrons. The van der Waals surface area contributed by atoms with Gasteiger partial charge in [-0.25, -0.2) is 0 Å². The fraction of sp³-hybridized carbons (Fsp3) is 0.0769. The zero-order valence-corrected chi connectivity index (χ0v) is 10.9. The van der Waals surface area contributed by atoms with Crippen LogP contribution in [0.5, 0.6) is 0 Å². The Balaban J connectivity index is 2.44. The second kappa shape index (κ2) is 4.74. The second-order valence-corrected chi connectivity index (χ2v) is 4.78. The summed E-state index contributed by atoms with van der Waals surface area (Å²) in [6.45, 7) is 1.92. The number of hydrogen-bond donors (Lipinski definition) is 0. The number of benzene rings is 1. The van der Waals surface area contributed by atoms with Crippen LogP contribution < -0.4 is 0 Å². The summed E-state index contributed by atoms with van der Waals surface area (Å²) in [6, 6.07) is 9.42. The van der Waals surface area contributed by atoms with E-state index in [-0.39, 0.29) is 5.78 Å².